The van der Waals surface area contributed by atoms with Gasteiger partial charge in [0, 0.05) is 36.1 Å². The maximum absolute atomic E-state index is 12.3. The summed E-state index contributed by atoms with van der Waals surface area (Å²) in [5.41, 5.74) is 1.41. The second kappa shape index (κ2) is 10.7. The number of benzene rings is 2. The number of carbonyl (C=O) groups is 3. The summed E-state index contributed by atoms with van der Waals surface area (Å²) in [6.07, 6.45) is 0. The smallest absolute Gasteiger partial charge is 0.279 e. The molecule has 2 rings (SSSR count). The minimum Gasteiger partial charge on any atom is -0.326 e. The monoisotopic (exact) mass is 414 g/mol. The van der Waals surface area contributed by atoms with Crippen LogP contribution in [0.4, 0.5) is 22.7 Å². The summed E-state index contributed by atoms with van der Waals surface area (Å²) in [6, 6.07) is 12.4. The predicted octanol–water partition coefficient (Wildman–Crippen LogP) is 1.04. The summed E-state index contributed by atoms with van der Waals surface area (Å²) in [5.74, 6) is -0.792. The number of nitro benzene ring substituents is 1. The zero-order chi connectivity index (χ0) is 22.1. The number of hydrogen-bond donors (Lipinski definition) is 4. The summed E-state index contributed by atoms with van der Waals surface area (Å²) in [4.78, 5) is 46.6. The van der Waals surface area contributed by atoms with Gasteiger partial charge in [0.05, 0.1) is 11.5 Å². The Morgan fingerprint density at radius 2 is 1.43 bits per heavy atom. The highest BCUT2D eigenvalue weighted by molar-refractivity contribution is 5.94. The number of quaternary nitrogens is 1. The van der Waals surface area contributed by atoms with Crippen molar-refractivity contribution in [2.45, 2.75) is 13.8 Å². The molecule has 2 aromatic carbocycles. The molecule has 0 bridgehead atoms. The van der Waals surface area contributed by atoms with E-state index in [0.717, 1.165) is 4.90 Å². The van der Waals surface area contributed by atoms with Crippen LogP contribution in [0.5, 0.6) is 0 Å². The van der Waals surface area contributed by atoms with E-state index in [1.807, 2.05) is 6.92 Å². The van der Waals surface area contributed by atoms with E-state index in [0.29, 0.717) is 23.6 Å². The van der Waals surface area contributed by atoms with Gasteiger partial charge in [-0.05, 0) is 37.3 Å². The van der Waals surface area contributed by atoms with Crippen molar-refractivity contribution in [2.75, 3.05) is 35.6 Å². The highest BCUT2D eigenvalue weighted by Crippen LogP contribution is 2.16. The van der Waals surface area contributed by atoms with Gasteiger partial charge in [-0.1, -0.05) is 6.07 Å². The minimum absolute atomic E-state index is 0.0358. The number of nitro groups is 1. The number of nitrogens with zero attached hydrogens (tertiary/aromatic N) is 1. The van der Waals surface area contributed by atoms with Gasteiger partial charge in [-0.3, -0.25) is 24.5 Å². The average molecular weight is 414 g/mol. The standard InChI is InChI=1S/C20H23N5O5/c1-3-24(13-20(28)23-17-5-4-6-18(11-17)25(29)30)12-19(27)22-16-9-7-15(8-10-16)21-14(2)26/h4-11H,3,12-13H2,1-2H3,(H,21,26)(H,22,27)(H,23,28)/p+1. The van der Waals surface area contributed by atoms with Gasteiger partial charge in [-0.2, -0.15) is 0 Å². The molecule has 0 spiro atoms. The van der Waals surface area contributed by atoms with E-state index in [9.17, 15) is 24.5 Å². The molecule has 158 valence electrons. The van der Waals surface area contributed by atoms with Crippen molar-refractivity contribution < 1.29 is 24.2 Å². The quantitative estimate of drug-likeness (QED) is 0.359. The average Bonchev–Trinajstić information content (AvgIpc) is 2.68. The number of carbonyl (C=O) groups excluding carboxylic acids is 3. The molecular formula is C20H24N5O5+. The van der Waals surface area contributed by atoms with Gasteiger partial charge in [0.2, 0.25) is 5.91 Å². The van der Waals surface area contributed by atoms with Crippen LogP contribution in [0.1, 0.15) is 13.8 Å². The van der Waals surface area contributed by atoms with E-state index in [-0.39, 0.29) is 36.5 Å². The third-order valence-electron chi connectivity index (χ3n) is 4.15. The van der Waals surface area contributed by atoms with Crippen LogP contribution in [-0.4, -0.2) is 42.3 Å². The van der Waals surface area contributed by atoms with Crippen LogP contribution in [0.15, 0.2) is 48.5 Å². The molecule has 0 aliphatic heterocycles. The van der Waals surface area contributed by atoms with Crippen molar-refractivity contribution in [3.05, 3.63) is 58.6 Å². The Hall–Kier alpha value is -3.79. The van der Waals surface area contributed by atoms with E-state index in [4.69, 9.17) is 0 Å². The summed E-state index contributed by atoms with van der Waals surface area (Å²) < 4.78 is 0. The van der Waals surface area contributed by atoms with Crippen LogP contribution in [-0.2, 0) is 14.4 Å². The summed E-state index contributed by atoms with van der Waals surface area (Å²) in [7, 11) is 0. The zero-order valence-electron chi connectivity index (χ0n) is 16.7. The molecule has 2 aromatic rings. The van der Waals surface area contributed by atoms with E-state index in [1.54, 1.807) is 30.3 Å². The number of rotatable bonds is 9. The normalized spacial score (nSPS) is 11.3. The lowest BCUT2D eigenvalue weighted by molar-refractivity contribution is -0.881. The van der Waals surface area contributed by atoms with E-state index in [1.165, 1.54) is 25.1 Å². The molecule has 10 nitrogen and oxygen atoms in total. The molecule has 0 saturated heterocycles. The molecule has 0 saturated carbocycles. The highest BCUT2D eigenvalue weighted by atomic mass is 16.6. The van der Waals surface area contributed by atoms with Crippen molar-refractivity contribution in [3.63, 3.8) is 0 Å². The van der Waals surface area contributed by atoms with Crippen LogP contribution in [0, 0.1) is 10.1 Å². The van der Waals surface area contributed by atoms with Crippen LogP contribution in [0.2, 0.25) is 0 Å². The first-order valence-corrected chi connectivity index (χ1v) is 9.32. The van der Waals surface area contributed by atoms with Gasteiger partial charge in [0.1, 0.15) is 0 Å². The van der Waals surface area contributed by atoms with Gasteiger partial charge >= 0.3 is 0 Å². The maximum atomic E-state index is 12.3. The highest BCUT2D eigenvalue weighted by Gasteiger charge is 2.17. The molecular weight excluding hydrogens is 390 g/mol. The molecule has 0 aliphatic carbocycles. The maximum Gasteiger partial charge on any atom is 0.279 e. The number of nitrogens with one attached hydrogen (secondary N) is 4. The van der Waals surface area contributed by atoms with Crippen LogP contribution in [0.3, 0.4) is 0 Å². The Balaban J connectivity index is 1.87. The van der Waals surface area contributed by atoms with Crippen molar-refractivity contribution in [1.82, 2.24) is 0 Å². The number of hydrogen-bond acceptors (Lipinski definition) is 5. The van der Waals surface area contributed by atoms with E-state index >= 15 is 0 Å². The van der Waals surface area contributed by atoms with Crippen molar-refractivity contribution in [3.8, 4) is 0 Å². The SMILES string of the molecule is CC[NH+](CC(=O)Nc1ccc(NC(C)=O)cc1)CC(=O)Nc1cccc([N+](=O)[O-])c1. The molecule has 0 radical (unpaired) electrons. The lowest BCUT2D eigenvalue weighted by Gasteiger charge is -2.17. The fourth-order valence-electron chi connectivity index (χ4n) is 2.71. The fraction of sp³-hybridized carbons (Fsp3) is 0.250. The van der Waals surface area contributed by atoms with E-state index in [2.05, 4.69) is 16.0 Å². The predicted molar refractivity (Wildman–Crippen MR) is 112 cm³/mol. The Labute approximate surface area is 173 Å². The van der Waals surface area contributed by atoms with Gasteiger partial charge in [-0.25, -0.2) is 0 Å². The minimum atomic E-state index is -0.535. The number of likely N-dealkylation sites (N-methyl/N-ethyl adjacent to an activating group) is 1. The Bertz CT molecular complexity index is 929. The third-order valence-corrected chi connectivity index (χ3v) is 4.15. The first-order chi connectivity index (χ1) is 14.3. The van der Waals surface area contributed by atoms with Gasteiger partial charge in [0.15, 0.2) is 13.1 Å². The van der Waals surface area contributed by atoms with E-state index < -0.39 is 4.92 Å². The second-order valence-electron chi connectivity index (χ2n) is 6.62. The number of amides is 3. The Morgan fingerprint density at radius 1 is 0.900 bits per heavy atom. The lowest BCUT2D eigenvalue weighted by Crippen LogP contribution is -3.13. The molecule has 0 heterocycles. The largest absolute Gasteiger partial charge is 0.326 e. The molecule has 1 atom stereocenters. The summed E-state index contributed by atoms with van der Waals surface area (Å²) >= 11 is 0. The zero-order valence-corrected chi connectivity index (χ0v) is 16.7. The first kappa shape index (κ1) is 22.5. The number of anilines is 3. The van der Waals surface area contributed by atoms with Crippen LogP contribution in [0.25, 0.3) is 0 Å². The molecule has 0 aliphatic rings. The van der Waals surface area contributed by atoms with Gasteiger partial charge in [0.25, 0.3) is 17.5 Å². The molecule has 4 N–H and O–H groups in total. The van der Waals surface area contributed by atoms with Crippen molar-refractivity contribution in [2.24, 2.45) is 0 Å². The summed E-state index contributed by atoms with van der Waals surface area (Å²) in [6.45, 7) is 3.91. The Morgan fingerprint density at radius 3 is 1.93 bits per heavy atom. The topological polar surface area (TPSA) is 135 Å². The molecule has 1 unspecified atom stereocenters. The molecule has 0 aromatic heterocycles. The van der Waals surface area contributed by atoms with Crippen LogP contribution < -0.4 is 20.9 Å². The van der Waals surface area contributed by atoms with Gasteiger partial charge in [-0.15, -0.1) is 0 Å². The fourth-order valence-corrected chi connectivity index (χ4v) is 2.71. The van der Waals surface area contributed by atoms with Crippen LogP contribution >= 0.6 is 0 Å². The second-order valence-corrected chi connectivity index (χ2v) is 6.62. The molecule has 30 heavy (non-hydrogen) atoms. The van der Waals surface area contributed by atoms with Crippen molar-refractivity contribution >= 4 is 40.5 Å². The Kier molecular flexibility index (Phi) is 8.00. The van der Waals surface area contributed by atoms with Crippen molar-refractivity contribution in [1.29, 1.82) is 0 Å². The lowest BCUT2D eigenvalue weighted by atomic mass is 10.2. The van der Waals surface area contributed by atoms with Gasteiger partial charge < -0.3 is 20.9 Å². The molecule has 10 heteroatoms. The molecule has 3 amide bonds. The first-order valence-electron chi connectivity index (χ1n) is 9.32. The summed E-state index contributed by atoms with van der Waals surface area (Å²) in [5, 5.41) is 18.8. The number of non-ortho nitro benzene ring substituents is 1. The molecule has 0 fully saturated rings. The third kappa shape index (κ3) is 7.32.